The Labute approximate surface area is 90.9 Å². The molecule has 2 aliphatic carbocycles. The van der Waals surface area contributed by atoms with Crippen molar-refractivity contribution in [3.8, 4) is 0 Å². The summed E-state index contributed by atoms with van der Waals surface area (Å²) < 4.78 is 0. The Kier molecular flexibility index (Phi) is 2.26. The first-order chi connectivity index (χ1) is 7.33. The zero-order valence-corrected chi connectivity index (χ0v) is 8.89. The van der Waals surface area contributed by atoms with Gasteiger partial charge in [0.25, 0.3) is 0 Å². The lowest BCUT2D eigenvalue weighted by Gasteiger charge is -2.33. The standard InChI is InChI=1S/C13H18N2/c14-10-6-11(7-10)15-13-8-12(13)9-4-2-1-3-5-9/h1-5,10-13,15H,6-8,14H2/t10-,11+,12-,13?/m0/s1. The maximum absolute atomic E-state index is 5.77. The fraction of sp³-hybridized carbons (Fsp3) is 0.538. The van der Waals surface area contributed by atoms with Gasteiger partial charge >= 0.3 is 0 Å². The summed E-state index contributed by atoms with van der Waals surface area (Å²) in [7, 11) is 0. The van der Waals surface area contributed by atoms with Crippen molar-refractivity contribution in [1.82, 2.24) is 5.32 Å². The van der Waals surface area contributed by atoms with Gasteiger partial charge in [-0.15, -0.1) is 0 Å². The molecule has 0 heterocycles. The molecule has 0 radical (unpaired) electrons. The summed E-state index contributed by atoms with van der Waals surface area (Å²) in [5.74, 6) is 0.753. The van der Waals surface area contributed by atoms with Crippen LogP contribution in [0.1, 0.15) is 30.7 Å². The Balaban J connectivity index is 1.52. The van der Waals surface area contributed by atoms with E-state index in [2.05, 4.69) is 35.6 Å². The summed E-state index contributed by atoms with van der Waals surface area (Å²) in [4.78, 5) is 0. The zero-order chi connectivity index (χ0) is 10.3. The van der Waals surface area contributed by atoms with Crippen LogP contribution < -0.4 is 11.1 Å². The van der Waals surface area contributed by atoms with Gasteiger partial charge in [0.05, 0.1) is 0 Å². The second-order valence-corrected chi connectivity index (χ2v) is 4.95. The zero-order valence-electron chi connectivity index (χ0n) is 8.89. The molecule has 1 aromatic carbocycles. The Morgan fingerprint density at radius 3 is 2.47 bits per heavy atom. The molecule has 15 heavy (non-hydrogen) atoms. The van der Waals surface area contributed by atoms with Gasteiger partial charge in [-0.2, -0.15) is 0 Å². The van der Waals surface area contributed by atoms with Crippen molar-refractivity contribution in [2.24, 2.45) is 5.73 Å². The van der Waals surface area contributed by atoms with Gasteiger partial charge in [-0.05, 0) is 24.8 Å². The normalized spacial score (nSPS) is 38.5. The van der Waals surface area contributed by atoms with Crippen molar-refractivity contribution in [2.75, 3.05) is 0 Å². The second kappa shape index (κ2) is 3.62. The largest absolute Gasteiger partial charge is 0.328 e. The van der Waals surface area contributed by atoms with Crippen LogP contribution in [-0.4, -0.2) is 18.1 Å². The van der Waals surface area contributed by atoms with E-state index >= 15 is 0 Å². The van der Waals surface area contributed by atoms with Crippen molar-refractivity contribution < 1.29 is 0 Å². The van der Waals surface area contributed by atoms with E-state index in [1.807, 2.05) is 0 Å². The molecule has 1 aromatic rings. The smallest absolute Gasteiger partial charge is 0.0145 e. The predicted molar refractivity (Wildman–Crippen MR) is 61.7 cm³/mol. The molecule has 2 saturated carbocycles. The lowest BCUT2D eigenvalue weighted by atomic mass is 9.87. The Morgan fingerprint density at radius 1 is 1.07 bits per heavy atom. The van der Waals surface area contributed by atoms with Crippen LogP contribution in [0.15, 0.2) is 30.3 Å². The topological polar surface area (TPSA) is 38.0 Å². The Morgan fingerprint density at radius 2 is 1.80 bits per heavy atom. The highest BCUT2D eigenvalue weighted by molar-refractivity contribution is 5.27. The van der Waals surface area contributed by atoms with Gasteiger partial charge < -0.3 is 11.1 Å². The van der Waals surface area contributed by atoms with Crippen LogP contribution in [0.5, 0.6) is 0 Å². The van der Waals surface area contributed by atoms with Crippen LogP contribution in [0.2, 0.25) is 0 Å². The van der Waals surface area contributed by atoms with E-state index in [1.165, 1.54) is 12.0 Å². The third kappa shape index (κ3) is 1.92. The van der Waals surface area contributed by atoms with E-state index in [1.54, 1.807) is 0 Å². The third-order valence-corrected chi connectivity index (χ3v) is 3.64. The highest BCUT2D eigenvalue weighted by Gasteiger charge is 2.41. The number of hydrogen-bond donors (Lipinski definition) is 2. The molecule has 0 aromatic heterocycles. The van der Waals surface area contributed by atoms with Crippen LogP contribution >= 0.6 is 0 Å². The van der Waals surface area contributed by atoms with Crippen molar-refractivity contribution in [3.63, 3.8) is 0 Å². The minimum absolute atomic E-state index is 0.455. The monoisotopic (exact) mass is 202 g/mol. The summed E-state index contributed by atoms with van der Waals surface area (Å²) in [5, 5.41) is 3.69. The summed E-state index contributed by atoms with van der Waals surface area (Å²) in [6.45, 7) is 0. The molecule has 0 bridgehead atoms. The molecular weight excluding hydrogens is 184 g/mol. The number of hydrogen-bond acceptors (Lipinski definition) is 2. The molecule has 3 rings (SSSR count). The fourth-order valence-corrected chi connectivity index (χ4v) is 2.55. The van der Waals surface area contributed by atoms with Gasteiger partial charge in [-0.3, -0.25) is 0 Å². The van der Waals surface area contributed by atoms with Crippen LogP contribution in [0.25, 0.3) is 0 Å². The molecule has 3 N–H and O–H groups in total. The summed E-state index contributed by atoms with van der Waals surface area (Å²) in [6, 6.07) is 12.7. The number of nitrogens with two attached hydrogens (primary N) is 1. The van der Waals surface area contributed by atoms with Crippen molar-refractivity contribution >= 4 is 0 Å². The summed E-state index contributed by atoms with van der Waals surface area (Å²) >= 11 is 0. The molecule has 80 valence electrons. The number of rotatable bonds is 3. The van der Waals surface area contributed by atoms with Gasteiger partial charge in [0.1, 0.15) is 0 Å². The fourth-order valence-electron chi connectivity index (χ4n) is 2.55. The average molecular weight is 202 g/mol. The third-order valence-electron chi connectivity index (χ3n) is 3.64. The molecule has 2 nitrogen and oxygen atoms in total. The lowest BCUT2D eigenvalue weighted by Crippen LogP contribution is -2.49. The first-order valence-corrected chi connectivity index (χ1v) is 5.89. The van der Waals surface area contributed by atoms with Crippen LogP contribution in [0.3, 0.4) is 0 Å². The SMILES string of the molecule is N[C@H]1C[C@@H](NC2C[C@H]2c2ccccc2)C1. The molecule has 2 aliphatic rings. The predicted octanol–water partition coefficient (Wildman–Crippen LogP) is 1.62. The van der Waals surface area contributed by atoms with E-state index in [9.17, 15) is 0 Å². The summed E-state index contributed by atoms with van der Waals surface area (Å²) in [5.41, 5.74) is 7.26. The minimum atomic E-state index is 0.455. The van der Waals surface area contributed by atoms with Gasteiger partial charge in [-0.25, -0.2) is 0 Å². The lowest BCUT2D eigenvalue weighted by molar-refractivity contribution is 0.289. The van der Waals surface area contributed by atoms with Crippen molar-refractivity contribution in [1.29, 1.82) is 0 Å². The first kappa shape index (κ1) is 9.37. The first-order valence-electron chi connectivity index (χ1n) is 5.89. The molecule has 0 saturated heterocycles. The average Bonchev–Trinajstić information content (AvgIpc) is 2.96. The molecule has 0 spiro atoms. The van der Waals surface area contributed by atoms with Gasteiger partial charge in [0.2, 0.25) is 0 Å². The van der Waals surface area contributed by atoms with E-state index in [4.69, 9.17) is 5.73 Å². The van der Waals surface area contributed by atoms with Gasteiger partial charge in [0, 0.05) is 24.0 Å². The van der Waals surface area contributed by atoms with Gasteiger partial charge in [-0.1, -0.05) is 30.3 Å². The molecular formula is C13H18N2. The highest BCUT2D eigenvalue weighted by Crippen LogP contribution is 2.41. The molecule has 2 atom stereocenters. The van der Waals surface area contributed by atoms with Crippen molar-refractivity contribution in [3.05, 3.63) is 35.9 Å². The molecule has 0 amide bonds. The van der Waals surface area contributed by atoms with Crippen LogP contribution in [0.4, 0.5) is 0 Å². The Hall–Kier alpha value is -0.860. The Bertz CT molecular complexity index is 330. The van der Waals surface area contributed by atoms with E-state index in [0.29, 0.717) is 18.1 Å². The molecule has 0 aliphatic heterocycles. The number of nitrogens with one attached hydrogen (secondary N) is 1. The van der Waals surface area contributed by atoms with E-state index in [-0.39, 0.29) is 0 Å². The minimum Gasteiger partial charge on any atom is -0.328 e. The maximum Gasteiger partial charge on any atom is 0.0145 e. The quantitative estimate of drug-likeness (QED) is 0.781. The molecule has 2 heteroatoms. The highest BCUT2D eigenvalue weighted by atomic mass is 15.0. The van der Waals surface area contributed by atoms with E-state index in [0.717, 1.165) is 18.8 Å². The van der Waals surface area contributed by atoms with Gasteiger partial charge in [0.15, 0.2) is 0 Å². The van der Waals surface area contributed by atoms with Crippen LogP contribution in [0, 0.1) is 0 Å². The van der Waals surface area contributed by atoms with Crippen molar-refractivity contribution in [2.45, 2.75) is 43.3 Å². The second-order valence-electron chi connectivity index (χ2n) is 4.95. The van der Waals surface area contributed by atoms with E-state index < -0.39 is 0 Å². The molecule has 1 unspecified atom stereocenters. The number of benzene rings is 1. The van der Waals surface area contributed by atoms with Crippen LogP contribution in [-0.2, 0) is 0 Å². The molecule has 2 fully saturated rings. The maximum atomic E-state index is 5.77. The summed E-state index contributed by atoms with van der Waals surface area (Å²) in [6.07, 6.45) is 3.63.